The van der Waals surface area contributed by atoms with Gasteiger partial charge in [0.1, 0.15) is 0 Å². The minimum absolute atomic E-state index is 0.162. The van der Waals surface area contributed by atoms with Gasteiger partial charge in [-0.25, -0.2) is 4.79 Å². The summed E-state index contributed by atoms with van der Waals surface area (Å²) >= 11 is 0. The zero-order valence-electron chi connectivity index (χ0n) is 14.3. The van der Waals surface area contributed by atoms with Gasteiger partial charge in [0.25, 0.3) is 0 Å². The standard InChI is InChI=1S/C20H27N3O/c24-20(23-10-7-15(13-23)22-8-3-4-9-22)21-12-18-17-11-14-5-1-2-6-16(14)19(17)18/h1-2,5-6,15,17-19H,3-4,7-13H2,(H,21,24). The van der Waals surface area contributed by atoms with E-state index in [1.165, 1.54) is 43.5 Å². The highest BCUT2D eigenvalue weighted by molar-refractivity contribution is 5.74. The molecule has 128 valence electrons. The lowest BCUT2D eigenvalue weighted by molar-refractivity contribution is 0.198. The molecule has 24 heavy (non-hydrogen) atoms. The fourth-order valence-corrected chi connectivity index (χ4v) is 5.41. The van der Waals surface area contributed by atoms with Crippen LogP contribution in [-0.4, -0.2) is 54.6 Å². The van der Waals surface area contributed by atoms with Crippen LogP contribution in [0, 0.1) is 11.8 Å². The van der Waals surface area contributed by atoms with Gasteiger partial charge in [0.05, 0.1) is 0 Å². The van der Waals surface area contributed by atoms with Crippen LogP contribution in [0.2, 0.25) is 0 Å². The molecule has 2 heterocycles. The van der Waals surface area contributed by atoms with Gasteiger partial charge in [-0.2, -0.15) is 0 Å². The molecule has 0 aromatic heterocycles. The van der Waals surface area contributed by atoms with E-state index in [-0.39, 0.29) is 6.03 Å². The zero-order chi connectivity index (χ0) is 16.1. The highest BCUT2D eigenvalue weighted by Gasteiger charge is 2.55. The molecule has 4 nitrogen and oxygen atoms in total. The minimum Gasteiger partial charge on any atom is -0.338 e. The third-order valence-electron chi connectivity index (χ3n) is 6.80. The highest BCUT2D eigenvalue weighted by Crippen LogP contribution is 2.60. The Morgan fingerprint density at radius 3 is 2.88 bits per heavy atom. The lowest BCUT2D eigenvalue weighted by atomic mass is 10.0. The van der Waals surface area contributed by atoms with Crippen molar-refractivity contribution in [1.29, 1.82) is 0 Å². The summed E-state index contributed by atoms with van der Waals surface area (Å²) < 4.78 is 0. The molecule has 1 aromatic carbocycles. The van der Waals surface area contributed by atoms with E-state index in [1.54, 1.807) is 0 Å². The third-order valence-corrected chi connectivity index (χ3v) is 6.80. The molecule has 1 saturated carbocycles. The first-order valence-corrected chi connectivity index (χ1v) is 9.66. The van der Waals surface area contributed by atoms with Crippen molar-refractivity contribution in [2.45, 2.75) is 37.6 Å². The minimum atomic E-state index is 0.162. The van der Waals surface area contributed by atoms with Gasteiger partial charge in [0, 0.05) is 25.7 Å². The molecule has 1 N–H and O–H groups in total. The van der Waals surface area contributed by atoms with Gasteiger partial charge in [-0.1, -0.05) is 24.3 Å². The van der Waals surface area contributed by atoms with Gasteiger partial charge < -0.3 is 10.2 Å². The second-order valence-corrected chi connectivity index (χ2v) is 8.07. The van der Waals surface area contributed by atoms with Gasteiger partial charge in [-0.15, -0.1) is 0 Å². The van der Waals surface area contributed by atoms with Crippen LogP contribution in [0.4, 0.5) is 4.79 Å². The smallest absolute Gasteiger partial charge is 0.317 e. The average Bonchev–Trinajstić information content (AvgIpc) is 3.11. The molecule has 3 fully saturated rings. The molecular formula is C20H27N3O. The number of urea groups is 1. The first-order chi connectivity index (χ1) is 11.8. The summed E-state index contributed by atoms with van der Waals surface area (Å²) in [6.45, 7) is 5.16. The molecule has 4 unspecified atom stereocenters. The van der Waals surface area contributed by atoms with E-state index in [1.807, 2.05) is 4.90 Å². The SMILES string of the molecule is O=C(NCC1C2Cc3ccccc3C12)N1CCC(N2CCCC2)C1. The van der Waals surface area contributed by atoms with Gasteiger partial charge >= 0.3 is 6.03 Å². The van der Waals surface area contributed by atoms with Crippen LogP contribution >= 0.6 is 0 Å². The van der Waals surface area contributed by atoms with Crippen LogP contribution in [0.1, 0.15) is 36.3 Å². The Kier molecular flexibility index (Phi) is 3.55. The van der Waals surface area contributed by atoms with Crippen LogP contribution < -0.4 is 5.32 Å². The number of nitrogens with zero attached hydrogens (tertiary/aromatic N) is 2. The monoisotopic (exact) mass is 325 g/mol. The summed E-state index contributed by atoms with van der Waals surface area (Å²) in [5.41, 5.74) is 3.07. The molecule has 0 spiro atoms. The predicted octanol–water partition coefficient (Wildman–Crippen LogP) is 2.45. The number of carbonyl (C=O) groups is 1. The van der Waals surface area contributed by atoms with Gasteiger partial charge in [0.15, 0.2) is 0 Å². The van der Waals surface area contributed by atoms with E-state index < -0.39 is 0 Å². The Morgan fingerprint density at radius 1 is 1.17 bits per heavy atom. The average molecular weight is 325 g/mol. The second kappa shape index (κ2) is 5.76. The summed E-state index contributed by atoms with van der Waals surface area (Å²) in [7, 11) is 0. The van der Waals surface area contributed by atoms with Gasteiger partial charge in [0.2, 0.25) is 0 Å². The number of likely N-dealkylation sites (tertiary alicyclic amines) is 2. The molecule has 2 amide bonds. The Morgan fingerprint density at radius 2 is 2.00 bits per heavy atom. The lowest BCUT2D eigenvalue weighted by Crippen LogP contribution is -2.42. The van der Waals surface area contributed by atoms with Crippen LogP contribution in [0.5, 0.6) is 0 Å². The fraction of sp³-hybridized carbons (Fsp3) is 0.650. The number of hydrogen-bond donors (Lipinski definition) is 1. The maximum Gasteiger partial charge on any atom is 0.317 e. The topological polar surface area (TPSA) is 35.6 Å². The first-order valence-electron chi connectivity index (χ1n) is 9.66. The third kappa shape index (κ3) is 2.43. The van der Waals surface area contributed by atoms with Crippen LogP contribution in [0.3, 0.4) is 0 Å². The molecule has 2 aliphatic carbocycles. The van der Waals surface area contributed by atoms with Crippen molar-refractivity contribution < 1.29 is 4.79 Å². The summed E-state index contributed by atoms with van der Waals surface area (Å²) in [5.74, 6) is 2.15. The molecule has 2 saturated heterocycles. The summed E-state index contributed by atoms with van der Waals surface area (Å²) in [6.07, 6.45) is 5.01. The summed E-state index contributed by atoms with van der Waals surface area (Å²) in [4.78, 5) is 17.1. The van der Waals surface area contributed by atoms with Crippen molar-refractivity contribution in [2.75, 3.05) is 32.7 Å². The summed E-state index contributed by atoms with van der Waals surface area (Å²) in [6, 6.07) is 9.60. The van der Waals surface area contributed by atoms with E-state index in [9.17, 15) is 4.79 Å². The fourth-order valence-electron chi connectivity index (χ4n) is 5.41. The van der Waals surface area contributed by atoms with E-state index in [4.69, 9.17) is 0 Å². The molecule has 0 bridgehead atoms. The van der Waals surface area contributed by atoms with E-state index in [0.717, 1.165) is 32.0 Å². The highest BCUT2D eigenvalue weighted by atomic mass is 16.2. The molecule has 5 rings (SSSR count). The van der Waals surface area contributed by atoms with Crippen LogP contribution in [0.15, 0.2) is 24.3 Å². The number of carbonyl (C=O) groups excluding carboxylic acids is 1. The van der Waals surface area contributed by atoms with Crippen molar-refractivity contribution in [3.8, 4) is 0 Å². The van der Waals surface area contributed by atoms with E-state index in [2.05, 4.69) is 34.5 Å². The quantitative estimate of drug-likeness (QED) is 0.926. The number of benzene rings is 1. The Balaban J connectivity index is 1.12. The Hall–Kier alpha value is -1.55. The molecule has 2 aliphatic heterocycles. The van der Waals surface area contributed by atoms with Crippen LogP contribution in [0.25, 0.3) is 0 Å². The molecule has 0 radical (unpaired) electrons. The second-order valence-electron chi connectivity index (χ2n) is 8.07. The number of rotatable bonds is 3. The lowest BCUT2D eigenvalue weighted by Gasteiger charge is -2.23. The normalized spacial score (nSPS) is 34.2. The molecule has 4 atom stereocenters. The number of amides is 2. The zero-order valence-corrected chi connectivity index (χ0v) is 14.3. The largest absolute Gasteiger partial charge is 0.338 e. The van der Waals surface area contributed by atoms with E-state index in [0.29, 0.717) is 17.9 Å². The molecular weight excluding hydrogens is 298 g/mol. The number of nitrogens with one attached hydrogen (secondary N) is 1. The Labute approximate surface area is 144 Å². The maximum absolute atomic E-state index is 12.5. The van der Waals surface area contributed by atoms with Gasteiger partial charge in [-0.05, 0) is 67.7 Å². The maximum atomic E-state index is 12.5. The molecule has 4 aliphatic rings. The van der Waals surface area contributed by atoms with Crippen molar-refractivity contribution in [1.82, 2.24) is 15.1 Å². The van der Waals surface area contributed by atoms with E-state index >= 15 is 0 Å². The summed E-state index contributed by atoms with van der Waals surface area (Å²) in [5, 5.41) is 3.23. The van der Waals surface area contributed by atoms with Crippen molar-refractivity contribution in [3.63, 3.8) is 0 Å². The van der Waals surface area contributed by atoms with Crippen molar-refractivity contribution in [2.24, 2.45) is 11.8 Å². The molecule has 1 aromatic rings. The van der Waals surface area contributed by atoms with Crippen LogP contribution in [-0.2, 0) is 6.42 Å². The number of fused-ring (bicyclic) bond motifs is 3. The van der Waals surface area contributed by atoms with Crippen molar-refractivity contribution in [3.05, 3.63) is 35.4 Å². The van der Waals surface area contributed by atoms with Gasteiger partial charge in [-0.3, -0.25) is 4.90 Å². The first kappa shape index (κ1) is 14.8. The molecule has 4 heteroatoms. The number of hydrogen-bond acceptors (Lipinski definition) is 2. The predicted molar refractivity (Wildman–Crippen MR) is 94.1 cm³/mol. The Bertz CT molecular complexity index is 640. The van der Waals surface area contributed by atoms with Crippen molar-refractivity contribution >= 4 is 6.03 Å².